The normalized spacial score (nSPS) is 13.0. The van der Waals surface area contributed by atoms with Crippen molar-refractivity contribution in [3.8, 4) is 0 Å². The largest absolute Gasteiger partial charge is 0.462 e. The van der Waals surface area contributed by atoms with Gasteiger partial charge in [-0.25, -0.2) is 0 Å². The van der Waals surface area contributed by atoms with Gasteiger partial charge in [0, 0.05) is 19.4 Å². The second-order valence-electron chi connectivity index (χ2n) is 14.9. The molecule has 0 aliphatic heterocycles. The SMILES string of the molecule is CC/C=C\C/C=C\C/C=C\C/C=C\CCC(=O)OCC(COCCCCCCCC/C=C\C/C=C\CCCCC)OC(=O)CCCCCCC/C=C\CCCC. The van der Waals surface area contributed by atoms with Crippen molar-refractivity contribution < 1.29 is 23.8 Å². The number of esters is 2. The minimum atomic E-state index is -0.576. The van der Waals surface area contributed by atoms with Gasteiger partial charge in [0.25, 0.3) is 0 Å². The second kappa shape index (κ2) is 46.5. The molecule has 0 aromatic heterocycles. The number of hydrogen-bond acceptors (Lipinski definition) is 5. The predicted octanol–water partition coefficient (Wildman–Crippen LogP) is 15.3. The van der Waals surface area contributed by atoms with Crippen LogP contribution in [0.2, 0.25) is 0 Å². The number of rotatable bonds is 41. The minimum Gasteiger partial charge on any atom is -0.462 e. The first-order chi connectivity index (χ1) is 27.6. The predicted molar refractivity (Wildman–Crippen MR) is 242 cm³/mol. The van der Waals surface area contributed by atoms with E-state index in [1.54, 1.807) is 0 Å². The Morgan fingerprint density at radius 2 is 0.857 bits per heavy atom. The van der Waals surface area contributed by atoms with Gasteiger partial charge in [-0.2, -0.15) is 0 Å². The van der Waals surface area contributed by atoms with Crippen LogP contribution in [0.15, 0.2) is 85.1 Å². The number of allylic oxidation sites excluding steroid dienone is 14. The van der Waals surface area contributed by atoms with Gasteiger partial charge in [0.2, 0.25) is 0 Å². The van der Waals surface area contributed by atoms with Crippen LogP contribution in [0, 0.1) is 0 Å². The molecule has 0 rings (SSSR count). The van der Waals surface area contributed by atoms with E-state index < -0.39 is 6.10 Å². The van der Waals surface area contributed by atoms with E-state index in [0.29, 0.717) is 25.9 Å². The standard InChI is InChI=1S/C51H86O5/c1-4-7-10-13-16-19-22-24-25-26-28-31-34-37-40-43-46-54-47-49(56-51(53)45-42-39-36-33-29-21-18-15-12-9-6-3)48-55-50(52)44-41-38-35-32-30-27-23-20-17-14-11-8-5-2/h8,11,15-20,24-25,27,30,35,38,49H,4-7,9-10,12-14,21-23,26,28-29,31-34,36-37,39-48H2,1-3H3/b11-8-,18-15-,19-16-,20-17-,25-24-,30-27-,38-35-. The molecule has 1 unspecified atom stereocenters. The molecule has 5 heteroatoms. The summed E-state index contributed by atoms with van der Waals surface area (Å²) in [5.74, 6) is -0.513. The second-order valence-corrected chi connectivity index (χ2v) is 14.9. The highest BCUT2D eigenvalue weighted by Crippen LogP contribution is 2.12. The molecule has 0 spiro atoms. The summed E-state index contributed by atoms with van der Waals surface area (Å²) in [7, 11) is 0. The van der Waals surface area contributed by atoms with Crippen LogP contribution in [-0.2, 0) is 23.8 Å². The van der Waals surface area contributed by atoms with Crippen molar-refractivity contribution >= 4 is 11.9 Å². The van der Waals surface area contributed by atoms with Crippen LogP contribution in [0.1, 0.15) is 201 Å². The highest BCUT2D eigenvalue weighted by molar-refractivity contribution is 5.70. The Bertz CT molecular complexity index is 1060. The molecule has 56 heavy (non-hydrogen) atoms. The van der Waals surface area contributed by atoms with Gasteiger partial charge in [-0.3, -0.25) is 9.59 Å². The van der Waals surface area contributed by atoms with Crippen molar-refractivity contribution in [3.05, 3.63) is 85.1 Å². The number of carbonyl (C=O) groups excluding carboxylic acids is 2. The van der Waals surface area contributed by atoms with Crippen LogP contribution in [0.3, 0.4) is 0 Å². The summed E-state index contributed by atoms with van der Waals surface area (Å²) >= 11 is 0. The van der Waals surface area contributed by atoms with Gasteiger partial charge in [-0.15, -0.1) is 0 Å². The lowest BCUT2D eigenvalue weighted by Gasteiger charge is -2.18. The van der Waals surface area contributed by atoms with Gasteiger partial charge < -0.3 is 14.2 Å². The Balaban J connectivity index is 4.38. The summed E-state index contributed by atoms with van der Waals surface area (Å²) in [6, 6.07) is 0. The molecule has 0 radical (unpaired) electrons. The summed E-state index contributed by atoms with van der Waals surface area (Å²) in [5, 5.41) is 0. The molecule has 0 heterocycles. The molecule has 0 saturated heterocycles. The van der Waals surface area contributed by atoms with Crippen LogP contribution < -0.4 is 0 Å². The van der Waals surface area contributed by atoms with Gasteiger partial charge in [0.1, 0.15) is 6.61 Å². The van der Waals surface area contributed by atoms with Gasteiger partial charge in [0.05, 0.1) is 6.61 Å². The highest BCUT2D eigenvalue weighted by Gasteiger charge is 2.17. The molecule has 0 saturated carbocycles. The van der Waals surface area contributed by atoms with E-state index in [0.717, 1.165) is 70.6 Å². The van der Waals surface area contributed by atoms with E-state index in [9.17, 15) is 9.59 Å². The summed E-state index contributed by atoms with van der Waals surface area (Å²) in [6.45, 7) is 7.53. The third-order valence-electron chi connectivity index (χ3n) is 9.40. The summed E-state index contributed by atoms with van der Waals surface area (Å²) in [6.07, 6.45) is 60.2. The van der Waals surface area contributed by atoms with Crippen LogP contribution in [0.25, 0.3) is 0 Å². The van der Waals surface area contributed by atoms with Crippen LogP contribution in [0.4, 0.5) is 0 Å². The highest BCUT2D eigenvalue weighted by atomic mass is 16.6. The van der Waals surface area contributed by atoms with E-state index in [2.05, 4.69) is 99.8 Å². The maximum absolute atomic E-state index is 12.7. The Hall–Kier alpha value is -2.92. The molecule has 0 fully saturated rings. The van der Waals surface area contributed by atoms with Crippen LogP contribution >= 0.6 is 0 Å². The molecular weight excluding hydrogens is 693 g/mol. The van der Waals surface area contributed by atoms with Crippen LogP contribution in [-0.4, -0.2) is 37.9 Å². The van der Waals surface area contributed by atoms with E-state index in [-0.39, 0.29) is 25.2 Å². The molecule has 0 aromatic carbocycles. The molecule has 0 bridgehead atoms. The van der Waals surface area contributed by atoms with E-state index in [1.165, 1.54) is 89.9 Å². The quantitative estimate of drug-likeness (QED) is 0.0351. The molecule has 0 aliphatic rings. The van der Waals surface area contributed by atoms with Gasteiger partial charge in [0.15, 0.2) is 6.10 Å². The minimum absolute atomic E-state index is 0.0360. The van der Waals surface area contributed by atoms with E-state index in [1.807, 2.05) is 6.08 Å². The zero-order valence-corrected chi connectivity index (χ0v) is 36.6. The lowest BCUT2D eigenvalue weighted by molar-refractivity contribution is -0.162. The first-order valence-corrected chi connectivity index (χ1v) is 23.1. The molecular formula is C51H86O5. The average Bonchev–Trinajstić information content (AvgIpc) is 3.20. The van der Waals surface area contributed by atoms with E-state index >= 15 is 0 Å². The number of carbonyl (C=O) groups is 2. The third kappa shape index (κ3) is 43.8. The molecule has 320 valence electrons. The van der Waals surface area contributed by atoms with Crippen molar-refractivity contribution in [1.82, 2.24) is 0 Å². The smallest absolute Gasteiger partial charge is 0.306 e. The van der Waals surface area contributed by atoms with E-state index in [4.69, 9.17) is 14.2 Å². The fraction of sp³-hybridized carbons (Fsp3) is 0.686. The zero-order chi connectivity index (χ0) is 40.7. The Morgan fingerprint density at radius 3 is 1.43 bits per heavy atom. The van der Waals surface area contributed by atoms with Gasteiger partial charge >= 0.3 is 11.9 Å². The fourth-order valence-electron chi connectivity index (χ4n) is 5.94. The van der Waals surface area contributed by atoms with Crippen molar-refractivity contribution in [2.24, 2.45) is 0 Å². The molecule has 0 aromatic rings. The summed E-state index contributed by atoms with van der Waals surface area (Å²) in [5.41, 5.74) is 0. The maximum Gasteiger partial charge on any atom is 0.306 e. The lowest BCUT2D eigenvalue weighted by atomic mass is 10.1. The first-order valence-electron chi connectivity index (χ1n) is 23.1. The lowest BCUT2D eigenvalue weighted by Crippen LogP contribution is -2.30. The van der Waals surface area contributed by atoms with Gasteiger partial charge in [-0.1, -0.05) is 176 Å². The number of ether oxygens (including phenoxy) is 3. The van der Waals surface area contributed by atoms with Gasteiger partial charge in [-0.05, 0) is 96.3 Å². The molecule has 0 aliphatic carbocycles. The molecule has 0 N–H and O–H groups in total. The van der Waals surface area contributed by atoms with Crippen molar-refractivity contribution in [2.45, 2.75) is 207 Å². The third-order valence-corrected chi connectivity index (χ3v) is 9.40. The summed E-state index contributed by atoms with van der Waals surface area (Å²) in [4.78, 5) is 25.2. The average molecular weight is 779 g/mol. The van der Waals surface area contributed by atoms with Crippen molar-refractivity contribution in [3.63, 3.8) is 0 Å². The van der Waals surface area contributed by atoms with Crippen LogP contribution in [0.5, 0.6) is 0 Å². The summed E-state index contributed by atoms with van der Waals surface area (Å²) < 4.78 is 17.2. The Labute approximate surface area is 346 Å². The Morgan fingerprint density at radius 1 is 0.411 bits per heavy atom. The zero-order valence-electron chi connectivity index (χ0n) is 36.6. The molecule has 5 nitrogen and oxygen atoms in total. The topological polar surface area (TPSA) is 61.8 Å². The molecule has 1 atom stereocenters. The Kier molecular flexibility index (Phi) is 44.0. The van der Waals surface area contributed by atoms with Crippen molar-refractivity contribution in [1.29, 1.82) is 0 Å². The molecule has 0 amide bonds. The number of unbranched alkanes of at least 4 members (excludes halogenated alkanes) is 16. The van der Waals surface area contributed by atoms with Crippen molar-refractivity contribution in [2.75, 3.05) is 19.8 Å². The first kappa shape index (κ1) is 53.1. The number of hydrogen-bond donors (Lipinski definition) is 0. The monoisotopic (exact) mass is 779 g/mol. The maximum atomic E-state index is 12.7. The fourth-order valence-corrected chi connectivity index (χ4v) is 5.94.